The summed E-state index contributed by atoms with van der Waals surface area (Å²) in [5.74, 6) is -0.166. The van der Waals surface area contributed by atoms with Crippen molar-refractivity contribution in [2.75, 3.05) is 5.32 Å². The van der Waals surface area contributed by atoms with E-state index in [-0.39, 0.29) is 30.0 Å². The Morgan fingerprint density at radius 1 is 1.03 bits per heavy atom. The van der Waals surface area contributed by atoms with Gasteiger partial charge in [0, 0.05) is 24.2 Å². The number of nitrogens with zero attached hydrogens (tertiary/aromatic N) is 4. The van der Waals surface area contributed by atoms with Gasteiger partial charge in [-0.1, -0.05) is 48.5 Å². The van der Waals surface area contributed by atoms with Gasteiger partial charge in [-0.05, 0) is 32.4 Å². The molecular weight excluding hydrogens is 390 g/mol. The number of amides is 1. The Labute approximate surface area is 180 Å². The van der Waals surface area contributed by atoms with Crippen molar-refractivity contribution in [1.29, 1.82) is 0 Å². The van der Waals surface area contributed by atoms with Crippen LogP contribution >= 0.6 is 0 Å². The minimum absolute atomic E-state index is 0.156. The second-order valence-corrected chi connectivity index (χ2v) is 8.42. The smallest absolute Gasteiger partial charge is 0.264 e. The molecule has 0 saturated heterocycles. The SMILES string of the molecule is CC(C)(C)n1ncc2c(=O)n(CCC(=O)Nc3ccccc3-c3ccccc3)cnc21. The van der Waals surface area contributed by atoms with E-state index in [4.69, 9.17) is 0 Å². The van der Waals surface area contributed by atoms with Gasteiger partial charge in [-0.2, -0.15) is 5.10 Å². The Kier molecular flexibility index (Phi) is 5.42. The van der Waals surface area contributed by atoms with Crippen molar-refractivity contribution in [3.8, 4) is 11.1 Å². The predicted octanol–water partition coefficient (Wildman–Crippen LogP) is 4.04. The molecule has 0 spiro atoms. The number of aromatic nitrogens is 4. The molecule has 0 aliphatic rings. The highest BCUT2D eigenvalue weighted by Crippen LogP contribution is 2.27. The maximum atomic E-state index is 12.8. The molecule has 0 radical (unpaired) electrons. The molecule has 0 bridgehead atoms. The zero-order chi connectivity index (χ0) is 22.0. The van der Waals surface area contributed by atoms with Gasteiger partial charge in [-0.3, -0.25) is 14.2 Å². The largest absolute Gasteiger partial charge is 0.325 e. The highest BCUT2D eigenvalue weighted by atomic mass is 16.2. The summed E-state index contributed by atoms with van der Waals surface area (Å²) in [5.41, 5.74) is 2.80. The molecule has 1 N–H and O–H groups in total. The molecule has 0 aliphatic heterocycles. The minimum Gasteiger partial charge on any atom is -0.325 e. The molecule has 7 nitrogen and oxygen atoms in total. The summed E-state index contributed by atoms with van der Waals surface area (Å²) in [6.45, 7) is 6.25. The number of fused-ring (bicyclic) bond motifs is 1. The summed E-state index contributed by atoms with van der Waals surface area (Å²) in [5, 5.41) is 7.74. The van der Waals surface area contributed by atoms with Crippen LogP contribution in [-0.2, 0) is 16.9 Å². The highest BCUT2D eigenvalue weighted by Gasteiger charge is 2.20. The third kappa shape index (κ3) is 4.26. The molecule has 2 heterocycles. The molecule has 1 amide bonds. The van der Waals surface area contributed by atoms with Crippen molar-refractivity contribution in [3.05, 3.63) is 77.5 Å². The van der Waals surface area contributed by atoms with Crippen molar-refractivity contribution in [3.63, 3.8) is 0 Å². The Hall–Kier alpha value is -3.74. The quantitative estimate of drug-likeness (QED) is 0.533. The number of nitrogens with one attached hydrogen (secondary N) is 1. The molecule has 158 valence electrons. The molecule has 0 fully saturated rings. The van der Waals surface area contributed by atoms with Gasteiger partial charge in [0.25, 0.3) is 5.56 Å². The van der Waals surface area contributed by atoms with Gasteiger partial charge in [0.15, 0.2) is 5.65 Å². The van der Waals surface area contributed by atoms with Crippen molar-refractivity contribution >= 4 is 22.6 Å². The summed E-state index contributed by atoms with van der Waals surface area (Å²) in [6.07, 6.45) is 3.19. The first-order valence-electron chi connectivity index (χ1n) is 10.2. The maximum Gasteiger partial charge on any atom is 0.264 e. The first-order chi connectivity index (χ1) is 14.8. The Balaban J connectivity index is 1.50. The third-order valence-electron chi connectivity index (χ3n) is 5.06. The van der Waals surface area contributed by atoms with E-state index in [0.29, 0.717) is 11.0 Å². The topological polar surface area (TPSA) is 81.8 Å². The molecule has 7 heteroatoms. The lowest BCUT2D eigenvalue weighted by Gasteiger charge is -2.19. The molecule has 31 heavy (non-hydrogen) atoms. The van der Waals surface area contributed by atoms with Gasteiger partial charge >= 0.3 is 0 Å². The summed E-state index contributed by atoms with van der Waals surface area (Å²) in [7, 11) is 0. The molecule has 0 aliphatic carbocycles. The average Bonchev–Trinajstić information content (AvgIpc) is 3.20. The fourth-order valence-corrected chi connectivity index (χ4v) is 3.50. The molecule has 0 saturated carbocycles. The van der Waals surface area contributed by atoms with Gasteiger partial charge in [-0.25, -0.2) is 9.67 Å². The van der Waals surface area contributed by atoms with E-state index in [1.807, 2.05) is 75.4 Å². The lowest BCUT2D eigenvalue weighted by molar-refractivity contribution is -0.116. The van der Waals surface area contributed by atoms with Crippen LogP contribution in [0.4, 0.5) is 5.69 Å². The Morgan fingerprint density at radius 3 is 2.48 bits per heavy atom. The highest BCUT2D eigenvalue weighted by molar-refractivity contribution is 5.95. The lowest BCUT2D eigenvalue weighted by atomic mass is 10.0. The molecule has 4 rings (SSSR count). The van der Waals surface area contributed by atoms with Gasteiger partial charge in [0.2, 0.25) is 5.91 Å². The summed E-state index contributed by atoms with van der Waals surface area (Å²) in [4.78, 5) is 29.8. The number of para-hydroxylation sites is 1. The fourth-order valence-electron chi connectivity index (χ4n) is 3.50. The van der Waals surface area contributed by atoms with Crippen LogP contribution in [0.15, 0.2) is 71.9 Å². The molecule has 0 atom stereocenters. The first-order valence-corrected chi connectivity index (χ1v) is 10.2. The summed E-state index contributed by atoms with van der Waals surface area (Å²) < 4.78 is 3.20. The van der Waals surface area contributed by atoms with E-state index in [1.165, 1.54) is 10.9 Å². The van der Waals surface area contributed by atoms with E-state index in [1.54, 1.807) is 10.9 Å². The zero-order valence-corrected chi connectivity index (χ0v) is 17.9. The number of carbonyl (C=O) groups is 1. The summed E-state index contributed by atoms with van der Waals surface area (Å²) in [6, 6.07) is 17.6. The molecular formula is C24H25N5O2. The van der Waals surface area contributed by atoms with Crippen LogP contribution in [0.1, 0.15) is 27.2 Å². The van der Waals surface area contributed by atoms with Crippen LogP contribution in [-0.4, -0.2) is 25.2 Å². The molecule has 2 aromatic heterocycles. The van der Waals surface area contributed by atoms with E-state index in [0.717, 1.165) is 16.8 Å². The van der Waals surface area contributed by atoms with Crippen LogP contribution in [0.25, 0.3) is 22.2 Å². The van der Waals surface area contributed by atoms with E-state index in [9.17, 15) is 9.59 Å². The van der Waals surface area contributed by atoms with Crippen molar-refractivity contribution in [1.82, 2.24) is 19.3 Å². The van der Waals surface area contributed by atoms with Crippen molar-refractivity contribution < 1.29 is 4.79 Å². The third-order valence-corrected chi connectivity index (χ3v) is 5.06. The van der Waals surface area contributed by atoms with Crippen LogP contribution in [0.5, 0.6) is 0 Å². The van der Waals surface area contributed by atoms with Gasteiger partial charge in [-0.15, -0.1) is 0 Å². The van der Waals surface area contributed by atoms with E-state index < -0.39 is 0 Å². The first kappa shape index (κ1) is 20.5. The number of anilines is 1. The Morgan fingerprint density at radius 2 is 1.74 bits per heavy atom. The van der Waals surface area contributed by atoms with Gasteiger partial charge in [0.05, 0.1) is 18.1 Å². The van der Waals surface area contributed by atoms with E-state index in [2.05, 4.69) is 15.4 Å². The van der Waals surface area contributed by atoms with Crippen LogP contribution < -0.4 is 10.9 Å². The normalized spacial score (nSPS) is 11.6. The van der Waals surface area contributed by atoms with Crippen LogP contribution in [0.3, 0.4) is 0 Å². The molecule has 2 aromatic carbocycles. The average molecular weight is 415 g/mol. The predicted molar refractivity (Wildman–Crippen MR) is 122 cm³/mol. The summed E-state index contributed by atoms with van der Waals surface area (Å²) >= 11 is 0. The number of benzene rings is 2. The fraction of sp³-hybridized carbons (Fsp3) is 0.250. The minimum atomic E-state index is -0.278. The second kappa shape index (κ2) is 8.18. The van der Waals surface area contributed by atoms with Crippen LogP contribution in [0, 0.1) is 0 Å². The maximum absolute atomic E-state index is 12.8. The number of hydrogen-bond donors (Lipinski definition) is 1. The number of hydrogen-bond acceptors (Lipinski definition) is 4. The van der Waals surface area contributed by atoms with Crippen LogP contribution in [0.2, 0.25) is 0 Å². The van der Waals surface area contributed by atoms with Crippen molar-refractivity contribution in [2.24, 2.45) is 0 Å². The standard InChI is InChI=1S/C24H25N5O2/c1-24(2,3)29-22-19(15-26-29)23(31)28(16-25-22)14-13-21(30)27-20-12-8-7-11-18(20)17-9-5-4-6-10-17/h4-12,15-16H,13-14H2,1-3H3,(H,27,30). The molecule has 0 unspecified atom stereocenters. The molecule has 4 aromatic rings. The number of rotatable bonds is 5. The van der Waals surface area contributed by atoms with Crippen molar-refractivity contribution in [2.45, 2.75) is 39.3 Å². The van der Waals surface area contributed by atoms with E-state index >= 15 is 0 Å². The number of aryl methyl sites for hydroxylation is 1. The zero-order valence-electron chi connectivity index (χ0n) is 17.9. The second-order valence-electron chi connectivity index (χ2n) is 8.42. The monoisotopic (exact) mass is 415 g/mol. The Bertz CT molecular complexity index is 1280. The lowest BCUT2D eigenvalue weighted by Crippen LogP contribution is -2.26. The van der Waals surface area contributed by atoms with Gasteiger partial charge in [0.1, 0.15) is 5.39 Å². The van der Waals surface area contributed by atoms with Gasteiger partial charge < -0.3 is 5.32 Å². The number of carbonyl (C=O) groups excluding carboxylic acids is 1.